The lowest BCUT2D eigenvalue weighted by molar-refractivity contribution is -0.113. The summed E-state index contributed by atoms with van der Waals surface area (Å²) in [4.78, 5) is 28.5. The molecule has 0 aromatic carbocycles. The van der Waals surface area contributed by atoms with Crippen molar-refractivity contribution in [3.05, 3.63) is 16.0 Å². The molecule has 10 heteroatoms. The zero-order valence-electron chi connectivity index (χ0n) is 17.7. The van der Waals surface area contributed by atoms with E-state index in [1.165, 1.54) is 54.3 Å². The molecular formula is C21H27N5O3S2. The number of hydrogen-bond donors (Lipinski definition) is 1. The van der Waals surface area contributed by atoms with Gasteiger partial charge in [-0.05, 0) is 56.9 Å². The van der Waals surface area contributed by atoms with Crippen molar-refractivity contribution >= 4 is 45.9 Å². The smallest absolute Gasteiger partial charge is 0.341 e. The highest BCUT2D eigenvalue weighted by Gasteiger charge is 2.32. The molecule has 1 saturated carbocycles. The molecule has 2 fully saturated rings. The third-order valence-electron chi connectivity index (χ3n) is 6.09. The highest BCUT2D eigenvalue weighted by Crippen LogP contribution is 2.42. The largest absolute Gasteiger partial charge is 0.465 e. The van der Waals surface area contributed by atoms with Crippen LogP contribution in [0, 0.1) is 0 Å². The highest BCUT2D eigenvalue weighted by molar-refractivity contribution is 7.99. The van der Waals surface area contributed by atoms with Crippen LogP contribution >= 0.6 is 23.1 Å². The van der Waals surface area contributed by atoms with Crippen LogP contribution in [0.4, 0.5) is 10.9 Å². The zero-order chi connectivity index (χ0) is 21.4. The maximum atomic E-state index is 12.7. The molecule has 2 aromatic rings. The third-order valence-corrected chi connectivity index (χ3v) is 8.24. The van der Waals surface area contributed by atoms with Crippen LogP contribution in [0.3, 0.4) is 0 Å². The van der Waals surface area contributed by atoms with E-state index in [-0.39, 0.29) is 17.6 Å². The van der Waals surface area contributed by atoms with Gasteiger partial charge in [-0.3, -0.25) is 9.36 Å². The first-order valence-electron chi connectivity index (χ1n) is 11.0. The molecule has 8 nitrogen and oxygen atoms in total. The summed E-state index contributed by atoms with van der Waals surface area (Å²) >= 11 is 2.92. The first-order chi connectivity index (χ1) is 15.2. The number of carbonyl (C=O) groups excluding carboxylic acids is 2. The summed E-state index contributed by atoms with van der Waals surface area (Å²) in [6.07, 6.45) is 8.80. The van der Waals surface area contributed by atoms with Gasteiger partial charge in [0.05, 0.1) is 18.4 Å². The number of esters is 1. The minimum Gasteiger partial charge on any atom is -0.465 e. The van der Waals surface area contributed by atoms with Crippen LogP contribution in [0.5, 0.6) is 0 Å². The number of aromatic nitrogens is 3. The van der Waals surface area contributed by atoms with E-state index in [0.29, 0.717) is 16.6 Å². The van der Waals surface area contributed by atoms with Gasteiger partial charge in [0.2, 0.25) is 11.9 Å². The van der Waals surface area contributed by atoms with E-state index < -0.39 is 0 Å². The quantitative estimate of drug-likeness (QED) is 0.497. The van der Waals surface area contributed by atoms with Crippen molar-refractivity contribution in [1.82, 2.24) is 14.8 Å². The monoisotopic (exact) mass is 461 g/mol. The maximum absolute atomic E-state index is 12.7. The summed E-state index contributed by atoms with van der Waals surface area (Å²) in [5, 5.41) is 13.3. The molecule has 1 amide bonds. The number of nitrogens with zero attached hydrogens (tertiary/aromatic N) is 4. The Labute approximate surface area is 189 Å². The van der Waals surface area contributed by atoms with E-state index in [4.69, 9.17) is 4.74 Å². The Bertz CT molecular complexity index is 992. The lowest BCUT2D eigenvalue weighted by Gasteiger charge is -2.27. The van der Waals surface area contributed by atoms with E-state index in [1.54, 1.807) is 0 Å². The number of carbonyl (C=O) groups is 2. The van der Waals surface area contributed by atoms with Crippen molar-refractivity contribution in [3.63, 3.8) is 0 Å². The number of fused-ring (bicyclic) bond motifs is 1. The summed E-state index contributed by atoms with van der Waals surface area (Å²) in [7, 11) is 1.38. The molecule has 0 bridgehead atoms. The second-order valence-corrected chi connectivity index (χ2v) is 10.4. The molecule has 2 aromatic heterocycles. The zero-order valence-corrected chi connectivity index (χ0v) is 19.3. The van der Waals surface area contributed by atoms with Crippen molar-refractivity contribution in [2.45, 2.75) is 62.6 Å². The average molecular weight is 462 g/mol. The average Bonchev–Trinajstić information content (AvgIpc) is 3.22. The maximum Gasteiger partial charge on any atom is 0.341 e. The van der Waals surface area contributed by atoms with E-state index >= 15 is 0 Å². The van der Waals surface area contributed by atoms with Crippen LogP contribution in [0.25, 0.3) is 0 Å². The summed E-state index contributed by atoms with van der Waals surface area (Å²) in [5.74, 6) is 0.670. The van der Waals surface area contributed by atoms with Crippen LogP contribution in [0.15, 0.2) is 5.16 Å². The molecule has 166 valence electrons. The number of ether oxygens (including phenoxy) is 1. The molecule has 3 aliphatic rings. The molecule has 1 saturated heterocycles. The standard InChI is InChI=1S/C21H27N5O3S2/c1-29-19(28)17-14-6-5-7-15(14)31-18(17)22-16(27)12-30-21-24-23-20(26(21)13-8-9-13)25-10-3-2-4-11-25/h13H,2-12H2,1H3,(H,22,27). The fourth-order valence-corrected chi connectivity index (χ4v) is 6.53. The van der Waals surface area contributed by atoms with Gasteiger partial charge in [-0.25, -0.2) is 4.79 Å². The van der Waals surface area contributed by atoms with Crippen molar-refractivity contribution < 1.29 is 14.3 Å². The number of hydrogen-bond acceptors (Lipinski definition) is 8. The Morgan fingerprint density at radius 1 is 1.16 bits per heavy atom. The number of nitrogens with one attached hydrogen (secondary N) is 1. The van der Waals surface area contributed by atoms with E-state index in [2.05, 4.69) is 25.0 Å². The van der Waals surface area contributed by atoms with Gasteiger partial charge in [0.25, 0.3) is 0 Å². The second-order valence-electron chi connectivity index (χ2n) is 8.32. The molecule has 0 spiro atoms. The summed E-state index contributed by atoms with van der Waals surface area (Å²) in [6.45, 7) is 2.05. The van der Waals surface area contributed by atoms with Gasteiger partial charge in [0, 0.05) is 24.0 Å². The first kappa shape index (κ1) is 20.8. The number of piperidine rings is 1. The molecule has 2 aliphatic carbocycles. The fraction of sp³-hybridized carbons (Fsp3) is 0.619. The Kier molecular flexibility index (Phi) is 5.92. The summed E-state index contributed by atoms with van der Waals surface area (Å²) < 4.78 is 7.19. The second kappa shape index (κ2) is 8.82. The normalized spacial score (nSPS) is 18.2. The molecular weight excluding hydrogens is 434 g/mol. The lowest BCUT2D eigenvalue weighted by atomic mass is 10.1. The minimum absolute atomic E-state index is 0.139. The van der Waals surface area contributed by atoms with Crippen LogP contribution in [0.2, 0.25) is 0 Å². The Morgan fingerprint density at radius 3 is 2.71 bits per heavy atom. The van der Waals surface area contributed by atoms with Gasteiger partial charge in [-0.1, -0.05) is 11.8 Å². The Morgan fingerprint density at radius 2 is 1.97 bits per heavy atom. The van der Waals surface area contributed by atoms with E-state index in [0.717, 1.165) is 61.9 Å². The number of anilines is 2. The SMILES string of the molecule is COC(=O)c1c(NC(=O)CSc2nnc(N3CCCCC3)n2C2CC2)sc2c1CCC2. The van der Waals surface area contributed by atoms with Crippen LogP contribution in [-0.4, -0.2) is 52.6 Å². The minimum atomic E-state index is -0.373. The highest BCUT2D eigenvalue weighted by atomic mass is 32.2. The Hall–Kier alpha value is -2.07. The molecule has 31 heavy (non-hydrogen) atoms. The molecule has 0 unspecified atom stereocenters. The van der Waals surface area contributed by atoms with Gasteiger partial charge in [-0.15, -0.1) is 21.5 Å². The lowest BCUT2D eigenvalue weighted by Crippen LogP contribution is -2.32. The fourth-order valence-electron chi connectivity index (χ4n) is 4.43. The predicted molar refractivity (Wildman–Crippen MR) is 121 cm³/mol. The number of aryl methyl sites for hydroxylation is 1. The van der Waals surface area contributed by atoms with E-state index in [1.807, 2.05) is 0 Å². The number of methoxy groups -OCH3 is 1. The van der Waals surface area contributed by atoms with Crippen molar-refractivity contribution in [2.75, 3.05) is 36.2 Å². The Balaban J connectivity index is 1.28. The molecule has 5 rings (SSSR count). The molecule has 1 N–H and O–H groups in total. The van der Waals surface area contributed by atoms with Gasteiger partial charge >= 0.3 is 5.97 Å². The van der Waals surface area contributed by atoms with Crippen LogP contribution in [0.1, 0.15) is 65.4 Å². The van der Waals surface area contributed by atoms with Gasteiger partial charge in [-0.2, -0.15) is 0 Å². The number of thioether (sulfide) groups is 1. The molecule has 3 heterocycles. The van der Waals surface area contributed by atoms with Gasteiger partial charge in [0.15, 0.2) is 5.16 Å². The van der Waals surface area contributed by atoms with Crippen molar-refractivity contribution in [1.29, 1.82) is 0 Å². The molecule has 1 aliphatic heterocycles. The summed E-state index contributed by atoms with van der Waals surface area (Å²) in [6, 6.07) is 0.448. The van der Waals surface area contributed by atoms with Gasteiger partial charge < -0.3 is 15.0 Å². The number of amides is 1. The topological polar surface area (TPSA) is 89.3 Å². The van der Waals surface area contributed by atoms with Crippen LogP contribution in [-0.2, 0) is 22.4 Å². The third kappa shape index (κ3) is 4.19. The first-order valence-corrected chi connectivity index (χ1v) is 12.8. The van der Waals surface area contributed by atoms with Crippen molar-refractivity contribution in [2.24, 2.45) is 0 Å². The van der Waals surface area contributed by atoms with Gasteiger partial charge in [0.1, 0.15) is 5.00 Å². The molecule has 0 atom stereocenters. The summed E-state index contributed by atoms with van der Waals surface area (Å²) in [5.41, 5.74) is 1.58. The number of rotatable bonds is 7. The van der Waals surface area contributed by atoms with E-state index in [9.17, 15) is 9.59 Å². The van der Waals surface area contributed by atoms with Crippen molar-refractivity contribution in [3.8, 4) is 0 Å². The van der Waals surface area contributed by atoms with Crippen LogP contribution < -0.4 is 10.2 Å². The predicted octanol–water partition coefficient (Wildman–Crippen LogP) is 3.67. The number of thiophene rings is 1. The molecule has 0 radical (unpaired) electrons.